The van der Waals surface area contributed by atoms with E-state index in [1.165, 1.54) is 0 Å². The summed E-state index contributed by atoms with van der Waals surface area (Å²) in [5.41, 5.74) is -0.485. The summed E-state index contributed by atoms with van der Waals surface area (Å²) in [5.74, 6) is -1.14. The summed E-state index contributed by atoms with van der Waals surface area (Å²) in [6.07, 6.45) is 0. The van der Waals surface area contributed by atoms with Gasteiger partial charge in [0.15, 0.2) is 0 Å². The third-order valence-corrected chi connectivity index (χ3v) is 2.89. The van der Waals surface area contributed by atoms with Gasteiger partial charge in [-0.25, -0.2) is 0 Å². The molecule has 1 aromatic carbocycles. The quantitative estimate of drug-likeness (QED) is 0.782. The molecule has 0 atom stereocenters. The Kier molecular flexibility index (Phi) is 3.07. The summed E-state index contributed by atoms with van der Waals surface area (Å²) in [5, 5.41) is 11.6. The van der Waals surface area contributed by atoms with Gasteiger partial charge in [0, 0.05) is 5.41 Å². The molecule has 0 unspecified atom stereocenters. The zero-order valence-electron chi connectivity index (χ0n) is 7.80. The first kappa shape index (κ1) is 11.3. The van der Waals surface area contributed by atoms with E-state index < -0.39 is 11.4 Å². The second-order valence-electron chi connectivity index (χ2n) is 3.54. The van der Waals surface area contributed by atoms with E-state index in [1.807, 2.05) is 0 Å². The first-order valence-corrected chi connectivity index (χ1v) is 4.78. The lowest BCUT2D eigenvalue weighted by Crippen LogP contribution is -2.41. The normalized spacial score (nSPS) is 11.4. The van der Waals surface area contributed by atoms with Crippen molar-refractivity contribution in [1.29, 1.82) is 0 Å². The van der Waals surface area contributed by atoms with Crippen molar-refractivity contribution in [2.24, 2.45) is 0 Å². The van der Waals surface area contributed by atoms with Gasteiger partial charge in [0.05, 0.1) is 16.0 Å². The third-order valence-electron chi connectivity index (χ3n) is 2.15. The molecule has 0 aliphatic rings. The molecular weight excluding hydrogens is 223 g/mol. The molecular formula is C10H9Cl2O2-. The van der Waals surface area contributed by atoms with Crippen molar-refractivity contribution in [3.8, 4) is 0 Å². The number of aliphatic carboxylic acids is 1. The standard InChI is InChI=1S/C10H10Cl2O2/c1-10(2,9(13)14)6-3-4-7(11)8(12)5-6/h3-5H,1-2H3,(H,13,14)/p-1. The molecule has 0 N–H and O–H groups in total. The molecule has 0 aromatic heterocycles. The second-order valence-corrected chi connectivity index (χ2v) is 4.36. The van der Waals surface area contributed by atoms with Gasteiger partial charge < -0.3 is 9.90 Å². The minimum Gasteiger partial charge on any atom is -0.549 e. The van der Waals surface area contributed by atoms with Crippen molar-refractivity contribution >= 4 is 29.2 Å². The van der Waals surface area contributed by atoms with Gasteiger partial charge >= 0.3 is 0 Å². The molecule has 0 radical (unpaired) electrons. The Morgan fingerprint density at radius 1 is 1.29 bits per heavy atom. The van der Waals surface area contributed by atoms with Crippen molar-refractivity contribution < 1.29 is 9.90 Å². The summed E-state index contributed by atoms with van der Waals surface area (Å²) in [4.78, 5) is 10.8. The summed E-state index contributed by atoms with van der Waals surface area (Å²) >= 11 is 11.5. The molecule has 1 aromatic rings. The fourth-order valence-corrected chi connectivity index (χ4v) is 1.30. The molecule has 0 aliphatic carbocycles. The summed E-state index contributed by atoms with van der Waals surface area (Å²) in [7, 11) is 0. The Morgan fingerprint density at radius 3 is 2.29 bits per heavy atom. The van der Waals surface area contributed by atoms with Crippen LogP contribution in [-0.4, -0.2) is 5.97 Å². The topological polar surface area (TPSA) is 40.1 Å². The molecule has 0 amide bonds. The van der Waals surface area contributed by atoms with Gasteiger partial charge in [0.1, 0.15) is 0 Å². The Labute approximate surface area is 92.5 Å². The summed E-state index contributed by atoms with van der Waals surface area (Å²) in [6.45, 7) is 3.11. The molecule has 2 nitrogen and oxygen atoms in total. The van der Waals surface area contributed by atoms with Crippen LogP contribution in [0.3, 0.4) is 0 Å². The predicted octanol–water partition coefficient (Wildman–Crippen LogP) is 2.02. The maximum Gasteiger partial charge on any atom is 0.0595 e. The number of halogens is 2. The lowest BCUT2D eigenvalue weighted by Gasteiger charge is -2.26. The molecule has 76 valence electrons. The van der Waals surface area contributed by atoms with E-state index in [9.17, 15) is 9.90 Å². The number of carboxylic acid groups (broad SMARTS) is 1. The minimum atomic E-state index is -1.14. The van der Waals surface area contributed by atoms with Crippen LogP contribution in [0.25, 0.3) is 0 Å². The molecule has 0 saturated carbocycles. The van der Waals surface area contributed by atoms with Gasteiger partial charge in [0.2, 0.25) is 0 Å². The number of carbonyl (C=O) groups excluding carboxylic acids is 1. The Balaban J connectivity index is 3.21. The number of hydrogen-bond donors (Lipinski definition) is 0. The third kappa shape index (κ3) is 2.02. The average Bonchev–Trinajstić information content (AvgIpc) is 2.09. The van der Waals surface area contributed by atoms with Crippen molar-refractivity contribution in [2.75, 3.05) is 0 Å². The monoisotopic (exact) mass is 231 g/mol. The molecule has 4 heteroatoms. The second kappa shape index (κ2) is 3.79. The van der Waals surface area contributed by atoms with E-state index in [0.717, 1.165) is 0 Å². The highest BCUT2D eigenvalue weighted by atomic mass is 35.5. The highest BCUT2D eigenvalue weighted by Gasteiger charge is 2.22. The Hall–Kier alpha value is -0.730. The molecule has 0 spiro atoms. The number of carboxylic acids is 1. The fourth-order valence-electron chi connectivity index (χ4n) is 1.00. The lowest BCUT2D eigenvalue weighted by atomic mass is 9.85. The first-order valence-electron chi connectivity index (χ1n) is 4.02. The molecule has 0 fully saturated rings. The van der Waals surface area contributed by atoms with Crippen LogP contribution in [0.4, 0.5) is 0 Å². The van der Waals surface area contributed by atoms with Crippen LogP contribution >= 0.6 is 23.2 Å². The largest absolute Gasteiger partial charge is 0.549 e. The molecule has 0 aliphatic heterocycles. The van der Waals surface area contributed by atoms with Crippen LogP contribution in [0.5, 0.6) is 0 Å². The van der Waals surface area contributed by atoms with Crippen molar-refractivity contribution in [2.45, 2.75) is 19.3 Å². The van der Waals surface area contributed by atoms with Gasteiger partial charge in [0.25, 0.3) is 0 Å². The highest BCUT2D eigenvalue weighted by Crippen LogP contribution is 2.29. The van der Waals surface area contributed by atoms with Crippen LogP contribution in [0.1, 0.15) is 19.4 Å². The van der Waals surface area contributed by atoms with E-state index in [1.54, 1.807) is 32.0 Å². The van der Waals surface area contributed by atoms with Gasteiger partial charge in [-0.15, -0.1) is 0 Å². The zero-order valence-corrected chi connectivity index (χ0v) is 9.32. The van der Waals surface area contributed by atoms with Gasteiger partial charge in [-0.1, -0.05) is 43.1 Å². The van der Waals surface area contributed by atoms with E-state index in [4.69, 9.17) is 23.2 Å². The average molecular weight is 232 g/mol. The van der Waals surface area contributed by atoms with Crippen molar-refractivity contribution in [3.05, 3.63) is 33.8 Å². The number of benzene rings is 1. The molecule has 14 heavy (non-hydrogen) atoms. The maximum atomic E-state index is 10.8. The van der Waals surface area contributed by atoms with Crippen molar-refractivity contribution in [3.63, 3.8) is 0 Å². The number of rotatable bonds is 2. The van der Waals surface area contributed by atoms with Crippen LogP contribution in [0.2, 0.25) is 10.0 Å². The lowest BCUT2D eigenvalue weighted by molar-refractivity contribution is -0.312. The molecule has 0 saturated heterocycles. The van der Waals surface area contributed by atoms with E-state index in [-0.39, 0.29) is 0 Å². The first-order chi connectivity index (χ1) is 6.35. The Bertz CT molecular complexity index is 372. The molecule has 1 rings (SSSR count). The van der Waals surface area contributed by atoms with Gasteiger partial charge in [-0.05, 0) is 17.7 Å². The van der Waals surface area contributed by atoms with E-state index in [2.05, 4.69) is 0 Å². The van der Waals surface area contributed by atoms with Crippen LogP contribution in [-0.2, 0) is 10.2 Å². The smallest absolute Gasteiger partial charge is 0.0595 e. The SMILES string of the molecule is CC(C)(C(=O)[O-])c1ccc(Cl)c(Cl)c1. The number of hydrogen-bond acceptors (Lipinski definition) is 2. The van der Waals surface area contributed by atoms with Gasteiger partial charge in [-0.3, -0.25) is 0 Å². The summed E-state index contributed by atoms with van der Waals surface area (Å²) < 4.78 is 0. The van der Waals surface area contributed by atoms with E-state index in [0.29, 0.717) is 15.6 Å². The summed E-state index contributed by atoms with van der Waals surface area (Å²) in [6, 6.07) is 4.74. The van der Waals surface area contributed by atoms with E-state index >= 15 is 0 Å². The fraction of sp³-hybridized carbons (Fsp3) is 0.300. The molecule has 0 heterocycles. The predicted molar refractivity (Wildman–Crippen MR) is 54.5 cm³/mol. The minimum absolute atomic E-state index is 0.346. The van der Waals surface area contributed by atoms with Crippen LogP contribution in [0.15, 0.2) is 18.2 Å². The van der Waals surface area contributed by atoms with Crippen molar-refractivity contribution in [1.82, 2.24) is 0 Å². The highest BCUT2D eigenvalue weighted by molar-refractivity contribution is 6.42. The van der Waals surface area contributed by atoms with Crippen LogP contribution < -0.4 is 5.11 Å². The van der Waals surface area contributed by atoms with Crippen LogP contribution in [0, 0.1) is 0 Å². The molecule has 0 bridgehead atoms. The zero-order chi connectivity index (χ0) is 10.9. The maximum absolute atomic E-state index is 10.8. The van der Waals surface area contributed by atoms with Gasteiger partial charge in [-0.2, -0.15) is 0 Å². The number of carbonyl (C=O) groups is 1. The Morgan fingerprint density at radius 2 is 1.86 bits per heavy atom.